The molecule has 6 heteroatoms. The van der Waals surface area contributed by atoms with E-state index in [9.17, 15) is 4.79 Å². The molecule has 70 valence electrons. The number of hydrogen-bond acceptors (Lipinski definition) is 5. The van der Waals surface area contributed by atoms with E-state index >= 15 is 0 Å². The van der Waals surface area contributed by atoms with Gasteiger partial charge in [0.15, 0.2) is 0 Å². The molecule has 0 saturated heterocycles. The third-order valence-corrected chi connectivity index (χ3v) is 1.72. The number of carboxylic acid groups (broad SMARTS) is 1. The Morgan fingerprint density at radius 1 is 1.92 bits per heavy atom. The predicted molar refractivity (Wildman–Crippen MR) is 50.2 cm³/mol. The lowest BCUT2D eigenvalue weighted by molar-refractivity contribution is -0.138. The molecule has 0 saturated carbocycles. The predicted octanol–water partition coefficient (Wildman–Crippen LogP) is -0.316. The SMILES string of the molecule is C1=NN1.CSCCC(N)C(=O)O. The first-order chi connectivity index (χ1) is 5.68. The van der Waals surface area contributed by atoms with Crippen molar-refractivity contribution in [3.05, 3.63) is 0 Å². The van der Waals surface area contributed by atoms with Crippen molar-refractivity contribution >= 4 is 24.1 Å². The van der Waals surface area contributed by atoms with Gasteiger partial charge in [0.05, 0.1) is 0 Å². The Bertz CT molecular complexity index is 159. The van der Waals surface area contributed by atoms with E-state index in [2.05, 4.69) is 10.5 Å². The lowest BCUT2D eigenvalue weighted by Gasteiger charge is -2.02. The summed E-state index contributed by atoms with van der Waals surface area (Å²) in [4.78, 5) is 10.1. The topological polar surface area (TPSA) is 97.6 Å². The highest BCUT2D eigenvalue weighted by Gasteiger charge is 2.08. The Morgan fingerprint density at radius 3 is 2.67 bits per heavy atom. The van der Waals surface area contributed by atoms with Crippen LogP contribution < -0.4 is 11.2 Å². The molecule has 0 aromatic carbocycles. The summed E-state index contributed by atoms with van der Waals surface area (Å²) >= 11 is 1.60. The molecule has 0 radical (unpaired) electrons. The van der Waals surface area contributed by atoms with Crippen molar-refractivity contribution in [1.29, 1.82) is 0 Å². The first-order valence-electron chi connectivity index (χ1n) is 3.43. The quantitative estimate of drug-likeness (QED) is 0.566. The Balaban J connectivity index is 0.000000330. The maximum atomic E-state index is 10.1. The summed E-state index contributed by atoms with van der Waals surface area (Å²) in [5.41, 5.74) is 7.69. The first kappa shape index (κ1) is 11.2. The zero-order chi connectivity index (χ0) is 9.40. The molecule has 1 atom stereocenters. The van der Waals surface area contributed by atoms with Crippen LogP contribution in [0.4, 0.5) is 0 Å². The van der Waals surface area contributed by atoms with Crippen LogP contribution >= 0.6 is 11.8 Å². The van der Waals surface area contributed by atoms with E-state index in [0.717, 1.165) is 5.75 Å². The van der Waals surface area contributed by atoms with E-state index in [4.69, 9.17) is 10.8 Å². The third kappa shape index (κ3) is 9.25. The number of carbonyl (C=O) groups is 1. The number of thioether (sulfide) groups is 1. The molecule has 0 aromatic heterocycles. The van der Waals surface area contributed by atoms with Crippen molar-refractivity contribution in [3.8, 4) is 0 Å². The van der Waals surface area contributed by atoms with E-state index in [1.807, 2.05) is 6.26 Å². The van der Waals surface area contributed by atoms with Gasteiger partial charge >= 0.3 is 5.97 Å². The molecular formula is C6H13N3O2S. The molecular weight excluding hydrogens is 178 g/mol. The van der Waals surface area contributed by atoms with Crippen LogP contribution in [0.15, 0.2) is 5.10 Å². The van der Waals surface area contributed by atoms with Crippen LogP contribution in [0.3, 0.4) is 0 Å². The van der Waals surface area contributed by atoms with Crippen LogP contribution in [0.5, 0.6) is 0 Å². The normalized spacial score (nSPS) is 13.8. The number of hydrazone groups is 1. The largest absolute Gasteiger partial charge is 0.480 e. The summed E-state index contributed by atoms with van der Waals surface area (Å²) in [6, 6.07) is -0.683. The van der Waals surface area contributed by atoms with Gasteiger partial charge in [-0.25, -0.2) is 0 Å². The standard InChI is InChI=1S/C5H11NO2S.CH2N2/c1-9-3-2-4(6)5(7)8;1-2-3-1/h4H,2-3,6H2,1H3,(H,7,8);1H,(H,2,3). The molecule has 0 amide bonds. The second-order valence-corrected chi connectivity index (χ2v) is 3.10. The second-order valence-electron chi connectivity index (χ2n) is 2.11. The average molecular weight is 191 g/mol. The van der Waals surface area contributed by atoms with Gasteiger partial charge in [0.25, 0.3) is 0 Å². The fraction of sp³-hybridized carbons (Fsp3) is 0.667. The summed E-state index contributed by atoms with van der Waals surface area (Å²) in [7, 11) is 0. The smallest absolute Gasteiger partial charge is 0.320 e. The van der Waals surface area contributed by atoms with Gasteiger partial charge in [-0.3, -0.25) is 10.2 Å². The highest BCUT2D eigenvalue weighted by molar-refractivity contribution is 7.98. The van der Waals surface area contributed by atoms with Crippen molar-refractivity contribution in [2.45, 2.75) is 12.5 Å². The zero-order valence-electron chi connectivity index (χ0n) is 6.86. The van der Waals surface area contributed by atoms with Crippen molar-refractivity contribution in [3.63, 3.8) is 0 Å². The van der Waals surface area contributed by atoms with Crippen molar-refractivity contribution in [2.75, 3.05) is 12.0 Å². The number of rotatable bonds is 4. The van der Waals surface area contributed by atoms with E-state index in [0.29, 0.717) is 6.42 Å². The van der Waals surface area contributed by atoms with Crippen LogP contribution in [0.1, 0.15) is 6.42 Å². The molecule has 5 nitrogen and oxygen atoms in total. The van der Waals surface area contributed by atoms with Gasteiger partial charge in [-0.1, -0.05) is 0 Å². The van der Waals surface area contributed by atoms with Crippen LogP contribution in [-0.2, 0) is 4.79 Å². The minimum Gasteiger partial charge on any atom is -0.480 e. The molecule has 0 bridgehead atoms. The molecule has 0 spiro atoms. The maximum Gasteiger partial charge on any atom is 0.320 e. The summed E-state index contributed by atoms with van der Waals surface area (Å²) < 4.78 is 0. The third-order valence-electron chi connectivity index (χ3n) is 1.08. The molecule has 1 aliphatic heterocycles. The molecule has 4 N–H and O–H groups in total. The molecule has 12 heavy (non-hydrogen) atoms. The van der Waals surface area contributed by atoms with Gasteiger partial charge in [0.2, 0.25) is 0 Å². The molecule has 1 aliphatic rings. The molecule has 1 rings (SSSR count). The monoisotopic (exact) mass is 191 g/mol. The van der Waals surface area contributed by atoms with Gasteiger partial charge < -0.3 is 10.8 Å². The lowest BCUT2D eigenvalue weighted by Crippen LogP contribution is -2.30. The number of nitrogens with one attached hydrogen (secondary N) is 1. The van der Waals surface area contributed by atoms with Crippen LogP contribution in [0.25, 0.3) is 0 Å². The summed E-state index contributed by atoms with van der Waals surface area (Å²) in [5.74, 6) is -0.1000. The molecule has 1 unspecified atom stereocenters. The maximum absolute atomic E-state index is 10.1. The Morgan fingerprint density at radius 2 is 2.42 bits per heavy atom. The molecule has 0 fully saturated rings. The number of aliphatic carboxylic acids is 1. The van der Waals surface area contributed by atoms with Gasteiger partial charge in [-0.2, -0.15) is 16.9 Å². The summed E-state index contributed by atoms with van der Waals surface area (Å²) in [6.45, 7) is 0. The van der Waals surface area contributed by atoms with Gasteiger partial charge in [0.1, 0.15) is 12.4 Å². The van der Waals surface area contributed by atoms with E-state index in [-0.39, 0.29) is 0 Å². The highest BCUT2D eigenvalue weighted by atomic mass is 32.2. The summed E-state index contributed by atoms with van der Waals surface area (Å²) in [5, 5.41) is 11.6. The Kier molecular flexibility index (Phi) is 6.50. The molecule has 1 heterocycles. The Labute approximate surface area is 75.4 Å². The summed E-state index contributed by atoms with van der Waals surface area (Å²) in [6.07, 6.45) is 4.10. The highest BCUT2D eigenvalue weighted by Crippen LogP contribution is 1.97. The van der Waals surface area contributed by atoms with Gasteiger partial charge in [0, 0.05) is 0 Å². The van der Waals surface area contributed by atoms with Crippen molar-refractivity contribution < 1.29 is 9.90 Å². The second kappa shape index (κ2) is 6.93. The van der Waals surface area contributed by atoms with Crippen LogP contribution in [-0.4, -0.2) is 35.5 Å². The zero-order valence-corrected chi connectivity index (χ0v) is 7.67. The number of nitrogens with two attached hydrogens (primary N) is 1. The van der Waals surface area contributed by atoms with E-state index < -0.39 is 12.0 Å². The average Bonchev–Trinajstić information content (AvgIpc) is 2.85. The number of nitrogens with zero attached hydrogens (tertiary/aromatic N) is 1. The minimum absolute atomic E-state index is 0.552. The van der Waals surface area contributed by atoms with Gasteiger partial charge in [-0.15, -0.1) is 0 Å². The van der Waals surface area contributed by atoms with Gasteiger partial charge in [-0.05, 0) is 18.4 Å². The Hall–Kier alpha value is -0.750. The number of carboxylic acids is 1. The fourth-order valence-corrected chi connectivity index (χ4v) is 0.858. The van der Waals surface area contributed by atoms with Crippen molar-refractivity contribution in [2.24, 2.45) is 10.8 Å². The number of hydrogen-bond donors (Lipinski definition) is 3. The van der Waals surface area contributed by atoms with Crippen LogP contribution in [0, 0.1) is 0 Å². The fourth-order valence-electron chi connectivity index (χ4n) is 0.368. The molecule has 0 aromatic rings. The van der Waals surface area contributed by atoms with Crippen LogP contribution in [0.2, 0.25) is 0 Å². The van der Waals surface area contributed by atoms with E-state index in [1.54, 1.807) is 18.1 Å². The molecule has 0 aliphatic carbocycles. The first-order valence-corrected chi connectivity index (χ1v) is 4.82. The minimum atomic E-state index is -0.913. The lowest BCUT2D eigenvalue weighted by atomic mass is 10.2. The van der Waals surface area contributed by atoms with E-state index in [1.165, 1.54) is 0 Å². The van der Waals surface area contributed by atoms with Crippen molar-refractivity contribution in [1.82, 2.24) is 5.43 Å².